The van der Waals surface area contributed by atoms with Crippen LogP contribution in [0.2, 0.25) is 0 Å². The smallest absolute Gasteiger partial charge is 0.231 e. The average Bonchev–Trinajstić information content (AvgIpc) is 2.89. The highest BCUT2D eigenvalue weighted by Crippen LogP contribution is 2.12. The van der Waals surface area contributed by atoms with Crippen molar-refractivity contribution in [2.45, 2.75) is 19.8 Å². The Balaban J connectivity index is 1.90. The summed E-state index contributed by atoms with van der Waals surface area (Å²) in [5.74, 6) is 0.923. The molecule has 18 heavy (non-hydrogen) atoms. The minimum atomic E-state index is -0.159. The molecular weight excluding hydrogens is 252 g/mol. The number of nitrogens with two attached hydrogens (primary N) is 1. The van der Waals surface area contributed by atoms with Crippen molar-refractivity contribution >= 4 is 23.1 Å². The number of aromatic nitrogens is 2. The third kappa shape index (κ3) is 3.38. The number of carbonyl (C=O) groups is 1. The summed E-state index contributed by atoms with van der Waals surface area (Å²) in [6.45, 7) is 2.33. The normalized spacial score (nSPS) is 10.6. The van der Waals surface area contributed by atoms with E-state index in [0.717, 1.165) is 17.1 Å². The molecule has 0 unspecified atom stereocenters. The van der Waals surface area contributed by atoms with Gasteiger partial charge in [-0.15, -0.1) is 11.3 Å². The third-order valence-electron chi connectivity index (χ3n) is 2.19. The molecule has 2 heterocycles. The first-order valence-corrected chi connectivity index (χ1v) is 6.42. The Hall–Kier alpha value is -1.73. The summed E-state index contributed by atoms with van der Waals surface area (Å²) in [5, 5.41) is 9.17. The quantitative estimate of drug-likeness (QED) is 0.845. The van der Waals surface area contributed by atoms with Gasteiger partial charge in [-0.2, -0.15) is 0 Å². The van der Waals surface area contributed by atoms with Crippen molar-refractivity contribution in [1.29, 1.82) is 0 Å². The van der Waals surface area contributed by atoms with Gasteiger partial charge in [-0.3, -0.25) is 4.79 Å². The van der Waals surface area contributed by atoms with Crippen molar-refractivity contribution in [3.05, 3.63) is 27.9 Å². The molecule has 0 aliphatic rings. The average molecular weight is 266 g/mol. The van der Waals surface area contributed by atoms with Gasteiger partial charge in [0, 0.05) is 17.9 Å². The zero-order valence-corrected chi connectivity index (χ0v) is 10.8. The number of rotatable bonds is 5. The van der Waals surface area contributed by atoms with Crippen LogP contribution in [0, 0.1) is 6.92 Å². The highest BCUT2D eigenvalue weighted by molar-refractivity contribution is 7.09. The molecule has 0 atom stereocenters. The second-order valence-electron chi connectivity index (χ2n) is 3.82. The lowest BCUT2D eigenvalue weighted by Crippen LogP contribution is -2.14. The maximum Gasteiger partial charge on any atom is 0.231 e. The first-order chi connectivity index (χ1) is 8.67. The Morgan fingerprint density at radius 3 is 3.11 bits per heavy atom. The summed E-state index contributed by atoms with van der Waals surface area (Å²) in [6.07, 6.45) is 0.974. The predicted molar refractivity (Wildman–Crippen MR) is 68.4 cm³/mol. The van der Waals surface area contributed by atoms with Gasteiger partial charge in [-0.1, -0.05) is 5.16 Å². The summed E-state index contributed by atoms with van der Waals surface area (Å²) in [5.41, 5.74) is 6.20. The standard InChI is InChI=1S/C11H14N4O2S/c1-7-4-9(15-17-7)14-10(16)5-8-6-18-11(13-8)2-3-12/h4,6H,2-3,5,12H2,1H3,(H,14,15,16). The van der Waals surface area contributed by atoms with Gasteiger partial charge in [-0.25, -0.2) is 4.98 Å². The van der Waals surface area contributed by atoms with Crippen molar-refractivity contribution in [3.63, 3.8) is 0 Å². The Labute approximate surface area is 108 Å². The fourth-order valence-corrected chi connectivity index (χ4v) is 2.26. The van der Waals surface area contributed by atoms with Crippen molar-refractivity contribution in [3.8, 4) is 0 Å². The van der Waals surface area contributed by atoms with Gasteiger partial charge < -0.3 is 15.6 Å². The van der Waals surface area contributed by atoms with Crippen LogP contribution in [-0.4, -0.2) is 22.6 Å². The molecule has 2 aromatic rings. The summed E-state index contributed by atoms with van der Waals surface area (Å²) in [4.78, 5) is 16.0. The number of amides is 1. The number of hydrogen-bond donors (Lipinski definition) is 2. The van der Waals surface area contributed by atoms with Gasteiger partial charge in [0.15, 0.2) is 5.82 Å². The largest absolute Gasteiger partial charge is 0.360 e. The van der Waals surface area contributed by atoms with Crippen LogP contribution in [0.4, 0.5) is 5.82 Å². The summed E-state index contributed by atoms with van der Waals surface area (Å²) in [7, 11) is 0. The van der Waals surface area contributed by atoms with Crippen LogP contribution in [0.25, 0.3) is 0 Å². The SMILES string of the molecule is Cc1cc(NC(=O)Cc2csc(CCN)n2)no1. The van der Waals surface area contributed by atoms with Gasteiger partial charge in [0.2, 0.25) is 5.91 Å². The Morgan fingerprint density at radius 1 is 1.61 bits per heavy atom. The van der Waals surface area contributed by atoms with E-state index < -0.39 is 0 Å². The summed E-state index contributed by atoms with van der Waals surface area (Å²) >= 11 is 1.52. The fourth-order valence-electron chi connectivity index (χ4n) is 1.45. The second-order valence-corrected chi connectivity index (χ2v) is 4.76. The molecule has 6 nitrogen and oxygen atoms in total. The topological polar surface area (TPSA) is 94.0 Å². The lowest BCUT2D eigenvalue weighted by Gasteiger charge is -1.98. The Bertz CT molecular complexity index is 535. The summed E-state index contributed by atoms with van der Waals surface area (Å²) < 4.78 is 4.86. The Kier molecular flexibility index (Phi) is 4.06. The molecule has 0 aromatic carbocycles. The molecule has 0 saturated heterocycles. The zero-order valence-electron chi connectivity index (χ0n) is 9.97. The first kappa shape index (κ1) is 12.7. The molecule has 96 valence electrons. The highest BCUT2D eigenvalue weighted by atomic mass is 32.1. The van der Waals surface area contributed by atoms with Crippen molar-refractivity contribution < 1.29 is 9.32 Å². The van der Waals surface area contributed by atoms with E-state index in [9.17, 15) is 4.79 Å². The number of anilines is 1. The fraction of sp³-hybridized carbons (Fsp3) is 0.364. The Morgan fingerprint density at radius 2 is 2.44 bits per heavy atom. The van der Waals surface area contributed by atoms with Crippen LogP contribution in [0.5, 0.6) is 0 Å². The molecule has 0 bridgehead atoms. The first-order valence-electron chi connectivity index (χ1n) is 5.54. The molecule has 7 heteroatoms. The lowest BCUT2D eigenvalue weighted by atomic mass is 10.3. The molecule has 3 N–H and O–H groups in total. The zero-order chi connectivity index (χ0) is 13.0. The van der Waals surface area contributed by atoms with Gasteiger partial charge in [0.25, 0.3) is 0 Å². The molecule has 0 aliphatic heterocycles. The maximum absolute atomic E-state index is 11.7. The van der Waals surface area contributed by atoms with E-state index in [1.807, 2.05) is 5.38 Å². The van der Waals surface area contributed by atoms with Crippen LogP contribution in [0.1, 0.15) is 16.5 Å². The number of thiazole rings is 1. The number of nitrogens with one attached hydrogen (secondary N) is 1. The van der Waals surface area contributed by atoms with Gasteiger partial charge in [0.1, 0.15) is 5.76 Å². The predicted octanol–water partition coefficient (Wildman–Crippen LogP) is 1.12. The minimum absolute atomic E-state index is 0.159. The van der Waals surface area contributed by atoms with Crippen LogP contribution in [0.15, 0.2) is 16.0 Å². The monoisotopic (exact) mass is 266 g/mol. The van der Waals surface area contributed by atoms with Crippen molar-refractivity contribution in [2.24, 2.45) is 5.73 Å². The van der Waals surface area contributed by atoms with E-state index >= 15 is 0 Å². The van der Waals surface area contributed by atoms with E-state index in [-0.39, 0.29) is 12.3 Å². The molecule has 1 amide bonds. The number of nitrogens with zero attached hydrogens (tertiary/aromatic N) is 2. The van der Waals surface area contributed by atoms with Crippen LogP contribution in [-0.2, 0) is 17.6 Å². The van der Waals surface area contributed by atoms with E-state index in [4.69, 9.17) is 10.3 Å². The minimum Gasteiger partial charge on any atom is -0.360 e. The second kappa shape index (κ2) is 5.74. The van der Waals surface area contributed by atoms with E-state index in [0.29, 0.717) is 18.1 Å². The van der Waals surface area contributed by atoms with Crippen LogP contribution >= 0.6 is 11.3 Å². The van der Waals surface area contributed by atoms with Gasteiger partial charge in [-0.05, 0) is 13.5 Å². The molecule has 0 radical (unpaired) electrons. The molecule has 0 fully saturated rings. The molecule has 2 aromatic heterocycles. The molecule has 0 spiro atoms. The van der Waals surface area contributed by atoms with Crippen LogP contribution < -0.4 is 11.1 Å². The van der Waals surface area contributed by atoms with Gasteiger partial charge >= 0.3 is 0 Å². The summed E-state index contributed by atoms with van der Waals surface area (Å²) in [6, 6.07) is 1.67. The molecule has 0 saturated carbocycles. The highest BCUT2D eigenvalue weighted by Gasteiger charge is 2.09. The van der Waals surface area contributed by atoms with Crippen LogP contribution in [0.3, 0.4) is 0 Å². The maximum atomic E-state index is 11.7. The number of hydrogen-bond acceptors (Lipinski definition) is 6. The lowest BCUT2D eigenvalue weighted by molar-refractivity contribution is -0.115. The van der Waals surface area contributed by atoms with Crippen molar-refractivity contribution in [2.75, 3.05) is 11.9 Å². The van der Waals surface area contributed by atoms with E-state index in [1.165, 1.54) is 11.3 Å². The van der Waals surface area contributed by atoms with E-state index in [2.05, 4.69) is 15.5 Å². The third-order valence-corrected chi connectivity index (χ3v) is 3.15. The van der Waals surface area contributed by atoms with E-state index in [1.54, 1.807) is 13.0 Å². The molecular formula is C11H14N4O2S. The molecule has 2 rings (SSSR count). The number of carbonyl (C=O) groups excluding carboxylic acids is 1. The number of aryl methyl sites for hydroxylation is 1. The molecule has 0 aliphatic carbocycles. The van der Waals surface area contributed by atoms with Gasteiger partial charge in [0.05, 0.1) is 17.1 Å². The van der Waals surface area contributed by atoms with Crippen molar-refractivity contribution in [1.82, 2.24) is 10.1 Å².